The Hall–Kier alpha value is -2.45. The van der Waals surface area contributed by atoms with Crippen LogP contribution in [0.3, 0.4) is 0 Å². The van der Waals surface area contributed by atoms with Crippen molar-refractivity contribution in [3.8, 4) is 0 Å². The molecule has 1 aromatic carbocycles. The van der Waals surface area contributed by atoms with Crippen LogP contribution in [0.2, 0.25) is 10.3 Å². The number of hydrogen-bond acceptors (Lipinski definition) is 7. The Bertz CT molecular complexity index is 886. The lowest BCUT2D eigenvalue weighted by Gasteiger charge is -2.29. The summed E-state index contributed by atoms with van der Waals surface area (Å²) in [6, 6.07) is 4.56. The van der Waals surface area contributed by atoms with Crippen molar-refractivity contribution in [1.82, 2.24) is 15.3 Å². The van der Waals surface area contributed by atoms with Crippen LogP contribution >= 0.6 is 23.2 Å². The van der Waals surface area contributed by atoms with Gasteiger partial charge in [-0.2, -0.15) is 0 Å². The lowest BCUT2D eigenvalue weighted by Crippen LogP contribution is -2.59. The van der Waals surface area contributed by atoms with Gasteiger partial charge in [-0.15, -0.1) is 0 Å². The fraction of sp³-hybridized carbons (Fsp3) is 0.353. The van der Waals surface area contributed by atoms with E-state index in [4.69, 9.17) is 32.7 Å². The number of carbonyl (C=O) groups excluding carboxylic acids is 3. The van der Waals surface area contributed by atoms with Crippen molar-refractivity contribution in [2.24, 2.45) is 0 Å². The minimum Gasteiger partial charge on any atom is -0.463 e. The number of halogens is 2. The van der Waals surface area contributed by atoms with E-state index in [1.165, 1.54) is 6.07 Å². The molecule has 0 atom stereocenters. The number of ether oxygens (including phenoxy) is 2. The molecule has 1 heterocycles. The van der Waals surface area contributed by atoms with E-state index in [0.29, 0.717) is 10.5 Å². The van der Waals surface area contributed by atoms with Crippen LogP contribution in [0.1, 0.15) is 26.5 Å². The third kappa shape index (κ3) is 4.12. The van der Waals surface area contributed by atoms with E-state index in [1.54, 1.807) is 26.0 Å². The smallest absolute Gasteiger partial charge is 0.350 e. The molecule has 0 aliphatic heterocycles. The van der Waals surface area contributed by atoms with Crippen LogP contribution in [0.5, 0.6) is 0 Å². The Morgan fingerprint density at radius 1 is 1.07 bits per heavy atom. The van der Waals surface area contributed by atoms with E-state index in [0.717, 1.165) is 6.92 Å². The molecule has 1 aromatic heterocycles. The van der Waals surface area contributed by atoms with Gasteiger partial charge >= 0.3 is 11.9 Å². The topological polar surface area (TPSA) is 107 Å². The van der Waals surface area contributed by atoms with E-state index < -0.39 is 23.4 Å². The average molecular weight is 414 g/mol. The molecule has 0 aliphatic rings. The van der Waals surface area contributed by atoms with Crippen LogP contribution in [-0.2, 0) is 29.4 Å². The molecule has 0 fully saturated rings. The first-order valence-corrected chi connectivity index (χ1v) is 8.78. The van der Waals surface area contributed by atoms with E-state index in [-0.39, 0.29) is 29.6 Å². The quantitative estimate of drug-likeness (QED) is 0.439. The van der Waals surface area contributed by atoms with Gasteiger partial charge in [-0.25, -0.2) is 19.6 Å². The van der Waals surface area contributed by atoms with E-state index in [2.05, 4.69) is 15.3 Å². The third-order valence-corrected chi connectivity index (χ3v) is 3.92. The second-order valence-corrected chi connectivity index (χ2v) is 6.15. The molecule has 27 heavy (non-hydrogen) atoms. The number of aromatic nitrogens is 2. The molecule has 8 nitrogen and oxygen atoms in total. The largest absolute Gasteiger partial charge is 0.463 e. The van der Waals surface area contributed by atoms with Gasteiger partial charge in [0.25, 0.3) is 5.54 Å². The van der Waals surface area contributed by atoms with Crippen molar-refractivity contribution in [2.45, 2.75) is 26.3 Å². The van der Waals surface area contributed by atoms with Gasteiger partial charge in [0.05, 0.1) is 18.7 Å². The highest BCUT2D eigenvalue weighted by molar-refractivity contribution is 6.31. The molecule has 0 unspecified atom stereocenters. The molecule has 2 aromatic rings. The number of fused-ring (bicyclic) bond motifs is 1. The molecule has 0 radical (unpaired) electrons. The maximum Gasteiger partial charge on any atom is 0.350 e. The lowest BCUT2D eigenvalue weighted by atomic mass is 9.91. The summed E-state index contributed by atoms with van der Waals surface area (Å²) < 4.78 is 10.1. The number of nitrogens with one attached hydrogen (secondary N) is 1. The molecule has 0 bridgehead atoms. The van der Waals surface area contributed by atoms with Crippen LogP contribution in [0, 0.1) is 0 Å². The Kier molecular flexibility index (Phi) is 6.56. The fourth-order valence-electron chi connectivity index (χ4n) is 2.54. The normalized spacial score (nSPS) is 11.1. The summed E-state index contributed by atoms with van der Waals surface area (Å²) in [7, 11) is 0. The molecular formula is C17H17Cl2N3O5. The second-order valence-electron chi connectivity index (χ2n) is 5.37. The SMILES string of the molecule is CCOC(=O)C(NC(C)=O)(C(=O)OCC)c1nc(Cl)nc2ccc(Cl)cc12. The van der Waals surface area contributed by atoms with Crippen molar-refractivity contribution in [1.29, 1.82) is 0 Å². The summed E-state index contributed by atoms with van der Waals surface area (Å²) in [5.41, 5.74) is -2.24. The van der Waals surface area contributed by atoms with Crippen LogP contribution in [-0.4, -0.2) is 41.0 Å². The predicted octanol–water partition coefficient (Wildman–Crippen LogP) is 2.39. The second kappa shape index (κ2) is 8.49. The molecule has 10 heteroatoms. The first kappa shape index (κ1) is 20.9. The highest BCUT2D eigenvalue weighted by atomic mass is 35.5. The molecule has 0 saturated heterocycles. The number of carbonyl (C=O) groups is 3. The monoisotopic (exact) mass is 413 g/mol. The van der Waals surface area contributed by atoms with Gasteiger partial charge < -0.3 is 14.8 Å². The van der Waals surface area contributed by atoms with Gasteiger partial charge in [0.15, 0.2) is 0 Å². The first-order valence-electron chi connectivity index (χ1n) is 8.02. The van der Waals surface area contributed by atoms with Crippen LogP contribution < -0.4 is 5.32 Å². The number of rotatable bonds is 6. The zero-order chi connectivity index (χ0) is 20.2. The van der Waals surface area contributed by atoms with E-state index in [9.17, 15) is 14.4 Å². The average Bonchev–Trinajstić information content (AvgIpc) is 2.59. The zero-order valence-electron chi connectivity index (χ0n) is 14.8. The van der Waals surface area contributed by atoms with E-state index in [1.807, 2.05) is 0 Å². The minimum atomic E-state index is -2.37. The van der Waals surface area contributed by atoms with Crippen molar-refractivity contribution >= 4 is 52.0 Å². The van der Waals surface area contributed by atoms with Crippen molar-refractivity contribution in [2.75, 3.05) is 13.2 Å². The molecule has 0 aliphatic carbocycles. The maximum atomic E-state index is 12.9. The summed E-state index contributed by atoms with van der Waals surface area (Å²) in [6.07, 6.45) is 0. The van der Waals surface area contributed by atoms with Crippen molar-refractivity contribution in [3.63, 3.8) is 0 Å². The highest BCUT2D eigenvalue weighted by Gasteiger charge is 2.54. The molecule has 0 saturated carbocycles. The Balaban J connectivity index is 2.92. The van der Waals surface area contributed by atoms with Gasteiger partial charge in [0.2, 0.25) is 11.2 Å². The fourth-order valence-corrected chi connectivity index (χ4v) is 2.89. The predicted molar refractivity (Wildman–Crippen MR) is 98.3 cm³/mol. The third-order valence-electron chi connectivity index (χ3n) is 3.51. The number of esters is 2. The molecule has 0 spiro atoms. The highest BCUT2D eigenvalue weighted by Crippen LogP contribution is 2.32. The standard InChI is InChI=1S/C17H17Cl2N3O5/c1-4-26-14(24)17(22-9(3)23,15(25)27-5-2)13-11-8-10(18)6-7-12(11)20-16(19)21-13/h6-8H,4-5H2,1-3H3,(H,22,23). The van der Waals surface area contributed by atoms with Gasteiger partial charge in [0, 0.05) is 17.3 Å². The number of benzene rings is 1. The Labute approximate surface area is 165 Å². The number of nitrogens with zero attached hydrogens (tertiary/aromatic N) is 2. The van der Waals surface area contributed by atoms with Gasteiger partial charge in [0.1, 0.15) is 5.69 Å². The van der Waals surface area contributed by atoms with Gasteiger partial charge in [-0.1, -0.05) is 11.6 Å². The van der Waals surface area contributed by atoms with Gasteiger partial charge in [-0.05, 0) is 43.6 Å². The Morgan fingerprint density at radius 2 is 1.67 bits per heavy atom. The minimum absolute atomic E-state index is 0.0446. The number of hydrogen-bond donors (Lipinski definition) is 1. The zero-order valence-corrected chi connectivity index (χ0v) is 16.3. The summed E-state index contributed by atoms with van der Waals surface area (Å²) in [6.45, 7) is 4.17. The van der Waals surface area contributed by atoms with Crippen molar-refractivity contribution < 1.29 is 23.9 Å². The van der Waals surface area contributed by atoms with Crippen molar-refractivity contribution in [3.05, 3.63) is 34.2 Å². The summed E-state index contributed by atoms with van der Waals surface area (Å²) >= 11 is 12.1. The first-order chi connectivity index (χ1) is 12.8. The Morgan fingerprint density at radius 3 is 2.19 bits per heavy atom. The lowest BCUT2D eigenvalue weighted by molar-refractivity contribution is -0.169. The molecule has 144 valence electrons. The molecule has 1 N–H and O–H groups in total. The number of amides is 1. The summed E-state index contributed by atoms with van der Waals surface area (Å²) in [5.74, 6) is -2.80. The van der Waals surface area contributed by atoms with Gasteiger partial charge in [-0.3, -0.25) is 4.79 Å². The van der Waals surface area contributed by atoms with Crippen LogP contribution in [0.25, 0.3) is 10.9 Å². The summed E-state index contributed by atoms with van der Waals surface area (Å²) in [5, 5.41) is 2.65. The molecule has 2 rings (SSSR count). The summed E-state index contributed by atoms with van der Waals surface area (Å²) in [4.78, 5) is 45.8. The van der Waals surface area contributed by atoms with E-state index >= 15 is 0 Å². The molecular weight excluding hydrogens is 397 g/mol. The van der Waals surface area contributed by atoms with Crippen LogP contribution in [0.15, 0.2) is 18.2 Å². The molecule has 1 amide bonds. The maximum absolute atomic E-state index is 12.9. The van der Waals surface area contributed by atoms with Crippen LogP contribution in [0.4, 0.5) is 0 Å².